The second kappa shape index (κ2) is 7.08. The molecule has 0 aliphatic rings. The first-order valence-corrected chi connectivity index (χ1v) is 9.18. The SMILES string of the molecule is Brc1cccc(-c2nc(/C=N\n3cnnc3-c3ccccc3)cs2)c1. The summed E-state index contributed by atoms with van der Waals surface area (Å²) in [6.07, 6.45) is 3.30. The molecule has 0 saturated carbocycles. The number of rotatable bonds is 4. The van der Waals surface area contributed by atoms with Crippen LogP contribution in [0.15, 0.2) is 75.9 Å². The fraction of sp³-hybridized carbons (Fsp3) is 0. The summed E-state index contributed by atoms with van der Waals surface area (Å²) in [6, 6.07) is 17.9. The van der Waals surface area contributed by atoms with Gasteiger partial charge in [0.05, 0.1) is 11.9 Å². The molecule has 0 fully saturated rings. The maximum absolute atomic E-state index is 4.62. The van der Waals surface area contributed by atoms with Gasteiger partial charge in [-0.05, 0) is 12.1 Å². The molecule has 4 aromatic rings. The van der Waals surface area contributed by atoms with Gasteiger partial charge in [0.25, 0.3) is 0 Å². The van der Waals surface area contributed by atoms with Crippen LogP contribution in [0.5, 0.6) is 0 Å². The van der Waals surface area contributed by atoms with Gasteiger partial charge in [-0.15, -0.1) is 21.5 Å². The van der Waals surface area contributed by atoms with Gasteiger partial charge in [-0.2, -0.15) is 9.78 Å². The molecule has 2 heterocycles. The van der Waals surface area contributed by atoms with E-state index < -0.39 is 0 Å². The van der Waals surface area contributed by atoms with E-state index in [9.17, 15) is 0 Å². The van der Waals surface area contributed by atoms with Crippen molar-refractivity contribution in [1.29, 1.82) is 0 Å². The van der Waals surface area contributed by atoms with Crippen molar-refractivity contribution in [2.75, 3.05) is 0 Å². The molecular weight excluding hydrogens is 398 g/mol. The van der Waals surface area contributed by atoms with Crippen LogP contribution in [0.25, 0.3) is 22.0 Å². The highest BCUT2D eigenvalue weighted by molar-refractivity contribution is 9.10. The smallest absolute Gasteiger partial charge is 0.184 e. The zero-order chi connectivity index (χ0) is 17.1. The lowest BCUT2D eigenvalue weighted by Gasteiger charge is -1.99. The molecule has 0 saturated heterocycles. The molecule has 4 rings (SSSR count). The van der Waals surface area contributed by atoms with Gasteiger partial charge in [0.15, 0.2) is 5.82 Å². The summed E-state index contributed by atoms with van der Waals surface area (Å²) in [5.41, 5.74) is 2.84. The lowest BCUT2D eigenvalue weighted by molar-refractivity contribution is 0.887. The van der Waals surface area contributed by atoms with E-state index in [0.29, 0.717) is 5.82 Å². The molecule has 0 aliphatic heterocycles. The molecule has 122 valence electrons. The van der Waals surface area contributed by atoms with Crippen molar-refractivity contribution in [1.82, 2.24) is 19.9 Å². The predicted octanol–water partition coefficient (Wildman–Crippen LogP) is 4.71. The van der Waals surface area contributed by atoms with Crippen LogP contribution >= 0.6 is 27.3 Å². The third-order valence-electron chi connectivity index (χ3n) is 3.47. The summed E-state index contributed by atoms with van der Waals surface area (Å²) < 4.78 is 2.68. The summed E-state index contributed by atoms with van der Waals surface area (Å²) in [6.45, 7) is 0. The summed E-state index contributed by atoms with van der Waals surface area (Å²) in [5, 5.41) is 15.5. The summed E-state index contributed by atoms with van der Waals surface area (Å²) >= 11 is 5.07. The Balaban J connectivity index is 1.59. The third-order valence-corrected chi connectivity index (χ3v) is 4.87. The number of nitrogens with zero attached hydrogens (tertiary/aromatic N) is 5. The van der Waals surface area contributed by atoms with Gasteiger partial charge in [-0.25, -0.2) is 4.98 Å². The monoisotopic (exact) mass is 409 g/mol. The van der Waals surface area contributed by atoms with Crippen molar-refractivity contribution >= 4 is 33.5 Å². The van der Waals surface area contributed by atoms with Crippen molar-refractivity contribution in [3.05, 3.63) is 76.5 Å². The number of aromatic nitrogens is 4. The highest BCUT2D eigenvalue weighted by Crippen LogP contribution is 2.25. The Bertz CT molecular complexity index is 1020. The molecule has 5 nitrogen and oxygen atoms in total. The van der Waals surface area contributed by atoms with Gasteiger partial charge < -0.3 is 0 Å². The van der Waals surface area contributed by atoms with Gasteiger partial charge in [0.1, 0.15) is 11.3 Å². The van der Waals surface area contributed by atoms with Crippen LogP contribution in [0.3, 0.4) is 0 Å². The molecule has 0 unspecified atom stereocenters. The minimum absolute atomic E-state index is 0.694. The maximum Gasteiger partial charge on any atom is 0.184 e. The van der Waals surface area contributed by atoms with E-state index >= 15 is 0 Å². The van der Waals surface area contributed by atoms with Crippen LogP contribution in [-0.4, -0.2) is 26.1 Å². The lowest BCUT2D eigenvalue weighted by atomic mass is 10.2. The second-order valence-electron chi connectivity index (χ2n) is 5.20. The highest BCUT2D eigenvalue weighted by Gasteiger charge is 2.07. The van der Waals surface area contributed by atoms with Crippen LogP contribution in [0.2, 0.25) is 0 Å². The Morgan fingerprint density at radius 2 is 1.88 bits per heavy atom. The summed E-state index contributed by atoms with van der Waals surface area (Å²) in [7, 11) is 0. The molecule has 0 aliphatic carbocycles. The molecule has 0 amide bonds. The van der Waals surface area contributed by atoms with Crippen LogP contribution in [0, 0.1) is 0 Å². The van der Waals surface area contributed by atoms with Crippen molar-refractivity contribution in [2.24, 2.45) is 5.10 Å². The fourth-order valence-corrected chi connectivity index (χ4v) is 3.48. The third kappa shape index (κ3) is 3.57. The van der Waals surface area contributed by atoms with E-state index in [1.54, 1.807) is 28.6 Å². The standard InChI is InChI=1S/C18H12BrN5S/c19-15-8-4-7-14(9-15)18-22-16(11-25-18)10-21-24-12-20-23-17(24)13-5-2-1-3-6-13/h1-12H/b21-10-. The van der Waals surface area contributed by atoms with Gasteiger partial charge in [-0.3, -0.25) is 0 Å². The van der Waals surface area contributed by atoms with Crippen molar-refractivity contribution < 1.29 is 0 Å². The molecule has 0 radical (unpaired) electrons. The first-order valence-electron chi connectivity index (χ1n) is 7.51. The number of hydrogen-bond acceptors (Lipinski definition) is 5. The Labute approximate surface area is 156 Å². The van der Waals surface area contributed by atoms with Gasteiger partial charge in [0.2, 0.25) is 0 Å². The molecule has 2 aromatic carbocycles. The Morgan fingerprint density at radius 3 is 2.72 bits per heavy atom. The molecule has 0 atom stereocenters. The normalized spacial score (nSPS) is 11.2. The predicted molar refractivity (Wildman–Crippen MR) is 104 cm³/mol. The summed E-state index contributed by atoms with van der Waals surface area (Å²) in [5.74, 6) is 0.694. The molecule has 0 spiro atoms. The topological polar surface area (TPSA) is 56.0 Å². The largest absolute Gasteiger partial charge is 0.235 e. The van der Waals surface area contributed by atoms with Gasteiger partial charge in [0, 0.05) is 21.0 Å². The molecule has 2 aromatic heterocycles. The average molecular weight is 410 g/mol. The van der Waals surface area contributed by atoms with Gasteiger partial charge in [-0.1, -0.05) is 58.4 Å². The van der Waals surface area contributed by atoms with Crippen LogP contribution in [0.1, 0.15) is 5.69 Å². The maximum atomic E-state index is 4.62. The Hall–Kier alpha value is -2.64. The second-order valence-corrected chi connectivity index (χ2v) is 6.97. The average Bonchev–Trinajstić information content (AvgIpc) is 3.30. The van der Waals surface area contributed by atoms with E-state index in [1.807, 2.05) is 60.0 Å². The number of hydrogen-bond donors (Lipinski definition) is 0. The van der Waals surface area contributed by atoms with E-state index in [2.05, 4.69) is 36.2 Å². The first kappa shape index (κ1) is 15.9. The zero-order valence-electron chi connectivity index (χ0n) is 13.0. The van der Waals surface area contributed by atoms with Crippen LogP contribution < -0.4 is 0 Å². The summed E-state index contributed by atoms with van der Waals surface area (Å²) in [4.78, 5) is 4.62. The quantitative estimate of drug-likeness (QED) is 0.458. The Morgan fingerprint density at radius 1 is 1.04 bits per heavy atom. The minimum Gasteiger partial charge on any atom is -0.235 e. The number of halogens is 1. The van der Waals surface area contributed by atoms with E-state index in [-0.39, 0.29) is 0 Å². The Kier molecular flexibility index (Phi) is 4.49. The van der Waals surface area contributed by atoms with Crippen molar-refractivity contribution in [3.8, 4) is 22.0 Å². The number of thiazole rings is 1. The van der Waals surface area contributed by atoms with Gasteiger partial charge >= 0.3 is 0 Å². The van der Waals surface area contributed by atoms with Crippen molar-refractivity contribution in [2.45, 2.75) is 0 Å². The molecular formula is C18H12BrN5S. The molecule has 7 heteroatoms. The van der Waals surface area contributed by atoms with E-state index in [1.165, 1.54) is 0 Å². The van der Waals surface area contributed by atoms with E-state index in [4.69, 9.17) is 0 Å². The molecule has 0 N–H and O–H groups in total. The fourth-order valence-electron chi connectivity index (χ4n) is 2.31. The molecule has 0 bridgehead atoms. The zero-order valence-corrected chi connectivity index (χ0v) is 15.4. The van der Waals surface area contributed by atoms with Crippen molar-refractivity contribution in [3.63, 3.8) is 0 Å². The number of benzene rings is 2. The lowest BCUT2D eigenvalue weighted by Crippen LogP contribution is -1.93. The first-order chi connectivity index (χ1) is 12.3. The van der Waals surface area contributed by atoms with Crippen LogP contribution in [0.4, 0.5) is 0 Å². The van der Waals surface area contributed by atoms with Crippen LogP contribution in [-0.2, 0) is 0 Å². The van der Waals surface area contributed by atoms with E-state index in [0.717, 1.165) is 26.3 Å². The molecule has 25 heavy (non-hydrogen) atoms. The highest BCUT2D eigenvalue weighted by atomic mass is 79.9. The minimum atomic E-state index is 0.694.